The predicted octanol–water partition coefficient (Wildman–Crippen LogP) is 2.88. The van der Waals surface area contributed by atoms with Crippen LogP contribution >= 0.6 is 0 Å². The van der Waals surface area contributed by atoms with Gasteiger partial charge in [-0.05, 0) is 37.1 Å². The van der Waals surface area contributed by atoms with E-state index < -0.39 is 0 Å². The first-order valence-electron chi connectivity index (χ1n) is 10.1. The first-order valence-corrected chi connectivity index (χ1v) is 10.1. The fourth-order valence-corrected chi connectivity index (χ4v) is 3.31. The topological polar surface area (TPSA) is 72.2 Å². The summed E-state index contributed by atoms with van der Waals surface area (Å²) in [7, 11) is 0. The van der Waals surface area contributed by atoms with Gasteiger partial charge in [0.15, 0.2) is 6.61 Å². The molecule has 0 N–H and O–H groups in total. The van der Waals surface area contributed by atoms with Gasteiger partial charge in [0.05, 0.1) is 18.9 Å². The van der Waals surface area contributed by atoms with Gasteiger partial charge in [-0.3, -0.25) is 9.59 Å². The number of carbonyl (C=O) groups is 2. The quantitative estimate of drug-likeness (QED) is 0.531. The van der Waals surface area contributed by atoms with E-state index in [4.69, 9.17) is 13.9 Å². The summed E-state index contributed by atoms with van der Waals surface area (Å²) < 4.78 is 16.7. The van der Waals surface area contributed by atoms with Crippen molar-refractivity contribution in [2.45, 2.75) is 25.5 Å². The van der Waals surface area contributed by atoms with Gasteiger partial charge in [-0.25, -0.2) is 0 Å². The van der Waals surface area contributed by atoms with Crippen LogP contribution in [0.3, 0.4) is 0 Å². The van der Waals surface area contributed by atoms with Gasteiger partial charge in [-0.1, -0.05) is 24.3 Å². The van der Waals surface area contributed by atoms with E-state index in [-0.39, 0.29) is 37.6 Å². The Labute approximate surface area is 176 Å². The van der Waals surface area contributed by atoms with Gasteiger partial charge in [0.2, 0.25) is 5.91 Å². The number of ether oxygens (including phenoxy) is 2. The largest absolute Gasteiger partial charge is 0.484 e. The normalized spacial score (nSPS) is 15.5. The Balaban J connectivity index is 1.61. The molecule has 1 aromatic heterocycles. The molecule has 2 aromatic rings. The second-order valence-corrected chi connectivity index (χ2v) is 7.15. The van der Waals surface area contributed by atoms with Crippen LogP contribution in [0.5, 0.6) is 5.75 Å². The van der Waals surface area contributed by atoms with Gasteiger partial charge in [0, 0.05) is 19.7 Å². The molecule has 0 spiro atoms. The third-order valence-corrected chi connectivity index (χ3v) is 4.86. The van der Waals surface area contributed by atoms with E-state index in [0.717, 1.165) is 12.8 Å². The average Bonchev–Trinajstić information content (AvgIpc) is 3.46. The van der Waals surface area contributed by atoms with Crippen molar-refractivity contribution in [1.29, 1.82) is 0 Å². The fraction of sp³-hybridized carbons (Fsp3) is 0.391. The van der Waals surface area contributed by atoms with E-state index in [9.17, 15) is 9.59 Å². The van der Waals surface area contributed by atoms with Crippen molar-refractivity contribution in [2.24, 2.45) is 0 Å². The first kappa shape index (κ1) is 21.6. The van der Waals surface area contributed by atoms with Gasteiger partial charge in [0.25, 0.3) is 5.91 Å². The van der Waals surface area contributed by atoms with Crippen LogP contribution in [0.1, 0.15) is 18.6 Å². The summed E-state index contributed by atoms with van der Waals surface area (Å²) in [6.07, 6.45) is 5.10. The maximum atomic E-state index is 13.1. The maximum absolute atomic E-state index is 13.1. The van der Waals surface area contributed by atoms with Crippen LogP contribution in [0.25, 0.3) is 0 Å². The lowest BCUT2D eigenvalue weighted by atomic mass is 10.2. The monoisotopic (exact) mass is 412 g/mol. The lowest BCUT2D eigenvalue weighted by Crippen LogP contribution is -2.46. The molecule has 1 aromatic carbocycles. The van der Waals surface area contributed by atoms with E-state index in [1.807, 2.05) is 24.3 Å². The van der Waals surface area contributed by atoms with Crippen molar-refractivity contribution < 1.29 is 23.5 Å². The summed E-state index contributed by atoms with van der Waals surface area (Å²) >= 11 is 0. The zero-order chi connectivity index (χ0) is 21.2. The van der Waals surface area contributed by atoms with Crippen LogP contribution in [0.2, 0.25) is 0 Å². The number of benzene rings is 1. The SMILES string of the molecule is C=CCN(CC(=O)N(Cc1ccco1)CC1CCCO1)C(=O)COc1ccccc1. The van der Waals surface area contributed by atoms with E-state index in [1.54, 1.807) is 35.4 Å². The standard InChI is InChI=1S/C23H28N2O5/c1-2-12-24(23(27)18-30-19-8-4-3-5-9-19)17-22(26)25(15-20-10-6-13-28-20)16-21-11-7-14-29-21/h2-6,8-10,13,21H,1,7,11-12,14-18H2. The molecule has 30 heavy (non-hydrogen) atoms. The Hall–Kier alpha value is -3.06. The summed E-state index contributed by atoms with van der Waals surface area (Å²) in [4.78, 5) is 28.9. The van der Waals surface area contributed by atoms with Crippen molar-refractivity contribution >= 4 is 11.8 Å². The van der Waals surface area contributed by atoms with Gasteiger partial charge >= 0.3 is 0 Å². The summed E-state index contributed by atoms with van der Waals surface area (Å²) in [6.45, 7) is 5.28. The number of hydrogen-bond donors (Lipinski definition) is 0. The molecule has 1 unspecified atom stereocenters. The molecule has 7 heteroatoms. The number of nitrogens with zero attached hydrogens (tertiary/aromatic N) is 2. The van der Waals surface area contributed by atoms with Crippen molar-refractivity contribution in [3.63, 3.8) is 0 Å². The van der Waals surface area contributed by atoms with Crippen molar-refractivity contribution in [3.05, 3.63) is 67.1 Å². The Morgan fingerprint density at radius 2 is 1.97 bits per heavy atom. The van der Waals surface area contributed by atoms with Crippen LogP contribution in [-0.4, -0.2) is 60.6 Å². The summed E-state index contributed by atoms with van der Waals surface area (Å²) in [5, 5.41) is 0. The van der Waals surface area contributed by atoms with Crippen LogP contribution in [0.4, 0.5) is 0 Å². The van der Waals surface area contributed by atoms with E-state index in [2.05, 4.69) is 6.58 Å². The molecule has 1 fully saturated rings. The van der Waals surface area contributed by atoms with Crippen LogP contribution in [0.15, 0.2) is 65.8 Å². The predicted molar refractivity (Wildman–Crippen MR) is 112 cm³/mol. The second-order valence-electron chi connectivity index (χ2n) is 7.15. The number of rotatable bonds is 11. The average molecular weight is 412 g/mol. The molecule has 1 aliphatic rings. The molecule has 1 atom stereocenters. The second kappa shape index (κ2) is 11.2. The molecule has 0 radical (unpaired) electrons. The molecule has 2 amide bonds. The molecular formula is C23H28N2O5. The third-order valence-electron chi connectivity index (χ3n) is 4.86. The highest BCUT2D eigenvalue weighted by molar-refractivity contribution is 5.85. The Morgan fingerprint density at radius 1 is 1.13 bits per heavy atom. The molecule has 0 bridgehead atoms. The molecule has 1 aliphatic heterocycles. The lowest BCUT2D eigenvalue weighted by Gasteiger charge is -2.28. The molecule has 160 valence electrons. The zero-order valence-corrected chi connectivity index (χ0v) is 17.1. The number of hydrogen-bond acceptors (Lipinski definition) is 5. The third kappa shape index (κ3) is 6.49. The number of carbonyl (C=O) groups excluding carboxylic acids is 2. The first-order chi connectivity index (χ1) is 14.7. The maximum Gasteiger partial charge on any atom is 0.261 e. The molecule has 7 nitrogen and oxygen atoms in total. The number of amides is 2. The van der Waals surface area contributed by atoms with Crippen molar-refractivity contribution in [2.75, 3.05) is 32.8 Å². The molecule has 2 heterocycles. The Kier molecular flexibility index (Phi) is 8.09. The zero-order valence-electron chi connectivity index (χ0n) is 17.1. The van der Waals surface area contributed by atoms with Crippen molar-refractivity contribution in [3.8, 4) is 5.75 Å². The Bertz CT molecular complexity index is 800. The minimum atomic E-state index is -0.276. The van der Waals surface area contributed by atoms with E-state index in [0.29, 0.717) is 31.2 Å². The van der Waals surface area contributed by atoms with Crippen molar-refractivity contribution in [1.82, 2.24) is 9.80 Å². The number of furan rings is 1. The molecule has 0 saturated carbocycles. The smallest absolute Gasteiger partial charge is 0.261 e. The Morgan fingerprint density at radius 3 is 2.63 bits per heavy atom. The lowest BCUT2D eigenvalue weighted by molar-refractivity contribution is -0.142. The molecular weight excluding hydrogens is 384 g/mol. The number of para-hydroxylation sites is 1. The van der Waals surface area contributed by atoms with E-state index in [1.165, 1.54) is 4.90 Å². The highest BCUT2D eigenvalue weighted by Gasteiger charge is 2.26. The van der Waals surface area contributed by atoms with E-state index >= 15 is 0 Å². The minimum Gasteiger partial charge on any atom is -0.484 e. The fourth-order valence-electron chi connectivity index (χ4n) is 3.31. The minimum absolute atomic E-state index is 0.00822. The van der Waals surface area contributed by atoms with Crippen LogP contribution in [0, 0.1) is 0 Å². The van der Waals surface area contributed by atoms with Crippen LogP contribution < -0.4 is 4.74 Å². The van der Waals surface area contributed by atoms with Gasteiger partial charge < -0.3 is 23.7 Å². The summed E-state index contributed by atoms with van der Waals surface area (Å²) in [5.41, 5.74) is 0. The molecule has 1 saturated heterocycles. The highest BCUT2D eigenvalue weighted by atomic mass is 16.5. The van der Waals surface area contributed by atoms with Gasteiger partial charge in [-0.2, -0.15) is 0 Å². The molecule has 3 rings (SSSR count). The molecule has 0 aliphatic carbocycles. The van der Waals surface area contributed by atoms with Crippen LogP contribution in [-0.2, 0) is 20.9 Å². The summed E-state index contributed by atoms with van der Waals surface area (Å²) in [5.74, 6) is 0.850. The summed E-state index contributed by atoms with van der Waals surface area (Å²) in [6, 6.07) is 12.7. The van der Waals surface area contributed by atoms with Gasteiger partial charge in [-0.15, -0.1) is 6.58 Å². The highest BCUT2D eigenvalue weighted by Crippen LogP contribution is 2.16. The van der Waals surface area contributed by atoms with Gasteiger partial charge in [0.1, 0.15) is 18.1 Å².